The molecule has 38 heavy (non-hydrogen) atoms. The molecule has 1 N–H and O–H groups in total. The molecule has 0 bridgehead atoms. The van der Waals surface area contributed by atoms with Crippen molar-refractivity contribution in [1.29, 1.82) is 0 Å². The molecule has 1 saturated heterocycles. The Bertz CT molecular complexity index is 1350. The highest BCUT2D eigenvalue weighted by molar-refractivity contribution is 5.98. The lowest BCUT2D eigenvalue weighted by molar-refractivity contribution is -0.143. The Morgan fingerprint density at radius 2 is 1.55 bits per heavy atom. The van der Waals surface area contributed by atoms with Gasteiger partial charge in [-0.1, -0.05) is 0 Å². The van der Waals surface area contributed by atoms with E-state index in [0.717, 1.165) is 0 Å². The molecule has 1 aliphatic rings. The van der Waals surface area contributed by atoms with Crippen LogP contribution in [0.3, 0.4) is 0 Å². The highest BCUT2D eigenvalue weighted by Gasteiger charge is 2.37. The zero-order valence-corrected chi connectivity index (χ0v) is 19.6. The summed E-state index contributed by atoms with van der Waals surface area (Å²) < 4.78 is 88.0. The van der Waals surface area contributed by atoms with Crippen LogP contribution in [0.2, 0.25) is 0 Å². The molecule has 204 valence electrons. The highest BCUT2D eigenvalue weighted by Crippen LogP contribution is 2.36. The molecule has 1 amide bonds. The Labute approximate surface area is 210 Å². The van der Waals surface area contributed by atoms with Gasteiger partial charge >= 0.3 is 24.2 Å². The number of ketones is 1. The third kappa shape index (κ3) is 6.54. The van der Waals surface area contributed by atoms with Crippen LogP contribution in [0.15, 0.2) is 45.6 Å². The number of alkyl halides is 6. The number of amides is 1. The smallest absolute Gasteiger partial charge is 0.417 e. The van der Waals surface area contributed by atoms with Crippen LogP contribution >= 0.6 is 0 Å². The van der Waals surface area contributed by atoms with E-state index in [2.05, 4.69) is 4.98 Å². The fourth-order valence-corrected chi connectivity index (χ4v) is 4.02. The third-order valence-corrected chi connectivity index (χ3v) is 6.04. The summed E-state index contributed by atoms with van der Waals surface area (Å²) in [5.74, 6) is -0.793. The van der Waals surface area contributed by atoms with Gasteiger partial charge in [-0.15, -0.1) is 0 Å². The summed E-state index contributed by atoms with van der Waals surface area (Å²) in [6, 6.07) is 5.66. The molecular weight excluding hydrogens is 524 g/mol. The predicted octanol–water partition coefficient (Wildman–Crippen LogP) is 4.69. The summed E-state index contributed by atoms with van der Waals surface area (Å²) in [6.45, 7) is 0.799. The minimum Gasteiger partial charge on any atom is -0.445 e. The van der Waals surface area contributed by atoms with E-state index in [1.165, 1.54) is 11.0 Å². The Morgan fingerprint density at radius 1 is 0.921 bits per heavy atom. The van der Waals surface area contributed by atoms with Gasteiger partial charge in [-0.3, -0.25) is 14.7 Å². The second kappa shape index (κ2) is 10.5. The van der Waals surface area contributed by atoms with Crippen molar-refractivity contribution in [2.75, 3.05) is 32.7 Å². The van der Waals surface area contributed by atoms with Crippen molar-refractivity contribution in [2.45, 2.75) is 25.4 Å². The molecule has 4 rings (SSSR count). The number of hydrogen-bond acceptors (Lipinski definition) is 6. The topological polar surface area (TPSA) is 95.9 Å². The predicted molar refractivity (Wildman–Crippen MR) is 120 cm³/mol. The maximum absolute atomic E-state index is 13.0. The molecule has 2 aromatic carbocycles. The van der Waals surface area contributed by atoms with Crippen molar-refractivity contribution < 1.29 is 45.1 Å². The van der Waals surface area contributed by atoms with Crippen LogP contribution in [0, 0.1) is 0 Å². The van der Waals surface area contributed by atoms with Gasteiger partial charge in [0, 0.05) is 44.7 Å². The van der Waals surface area contributed by atoms with Crippen LogP contribution in [0.25, 0.3) is 11.1 Å². The molecule has 1 aliphatic heterocycles. The van der Waals surface area contributed by atoms with Crippen molar-refractivity contribution in [3.63, 3.8) is 0 Å². The van der Waals surface area contributed by atoms with E-state index >= 15 is 0 Å². The number of carbonyl (C=O) groups is 2. The van der Waals surface area contributed by atoms with E-state index in [1.54, 1.807) is 12.1 Å². The largest absolute Gasteiger partial charge is 0.445 e. The Balaban J connectivity index is 1.27. The van der Waals surface area contributed by atoms with Gasteiger partial charge < -0.3 is 14.1 Å². The molecule has 2 heterocycles. The first-order valence-electron chi connectivity index (χ1n) is 11.4. The molecule has 8 nitrogen and oxygen atoms in total. The van der Waals surface area contributed by atoms with Crippen LogP contribution in [0.1, 0.15) is 33.5 Å². The van der Waals surface area contributed by atoms with E-state index in [-0.39, 0.29) is 36.9 Å². The third-order valence-electron chi connectivity index (χ3n) is 6.04. The quantitative estimate of drug-likeness (QED) is 0.357. The molecule has 0 saturated carbocycles. The number of aromatic amines is 1. The van der Waals surface area contributed by atoms with Gasteiger partial charge in [0.2, 0.25) is 0 Å². The molecule has 0 aliphatic carbocycles. The van der Waals surface area contributed by atoms with E-state index in [4.69, 9.17) is 9.15 Å². The molecular formula is C24H21F6N3O5. The zero-order valence-electron chi connectivity index (χ0n) is 19.6. The number of H-pyrrole nitrogens is 1. The maximum atomic E-state index is 13.0. The Hall–Kier alpha value is -3.81. The van der Waals surface area contributed by atoms with Crippen LogP contribution in [-0.2, 0) is 23.7 Å². The lowest BCUT2D eigenvalue weighted by Crippen LogP contribution is -2.49. The maximum Gasteiger partial charge on any atom is 0.417 e. The molecule has 0 atom stereocenters. The standard InChI is InChI=1S/C24H21F6N3O5/c25-23(26,27)16-9-14(10-17(12-16)24(28,29)30)13-37-22(36)33-7-5-32(6-8-33)4-3-19(34)15-1-2-18-20(11-15)38-21(35)31-18/h1-2,9-12H,3-8,13H2,(H,31,35). The van der Waals surface area contributed by atoms with Crippen LogP contribution in [0.5, 0.6) is 0 Å². The summed E-state index contributed by atoms with van der Waals surface area (Å²) in [7, 11) is 0. The summed E-state index contributed by atoms with van der Waals surface area (Å²) in [5, 5.41) is 0. The average molecular weight is 545 g/mol. The first-order valence-corrected chi connectivity index (χ1v) is 11.4. The molecule has 0 radical (unpaired) electrons. The number of piperazine rings is 1. The van der Waals surface area contributed by atoms with E-state index in [9.17, 15) is 40.7 Å². The number of fused-ring (bicyclic) bond motifs is 1. The van der Waals surface area contributed by atoms with Gasteiger partial charge in [0.1, 0.15) is 6.61 Å². The lowest BCUT2D eigenvalue weighted by atomic mass is 10.1. The molecule has 14 heteroatoms. The highest BCUT2D eigenvalue weighted by atomic mass is 19.4. The lowest BCUT2D eigenvalue weighted by Gasteiger charge is -2.34. The summed E-state index contributed by atoms with van der Waals surface area (Å²) in [5.41, 5.74) is -2.28. The number of aromatic nitrogens is 1. The zero-order chi connectivity index (χ0) is 27.7. The molecule has 0 unspecified atom stereocenters. The number of ether oxygens (including phenoxy) is 1. The number of rotatable bonds is 6. The normalized spacial score (nSPS) is 15.2. The van der Waals surface area contributed by atoms with Gasteiger partial charge in [0.05, 0.1) is 16.6 Å². The monoisotopic (exact) mass is 545 g/mol. The second-order valence-electron chi connectivity index (χ2n) is 8.70. The number of oxazole rings is 1. The van der Waals surface area contributed by atoms with Crippen molar-refractivity contribution in [2.24, 2.45) is 0 Å². The number of halogens is 6. The summed E-state index contributed by atoms with van der Waals surface area (Å²) >= 11 is 0. The SMILES string of the molecule is O=C(CCN1CCN(C(=O)OCc2cc(C(F)(F)F)cc(C(F)(F)F)c2)CC1)c1ccc2[nH]c(=O)oc2c1. The van der Waals surface area contributed by atoms with Crippen molar-refractivity contribution >= 4 is 23.0 Å². The van der Waals surface area contributed by atoms with Gasteiger partial charge in [-0.05, 0) is 42.0 Å². The fraction of sp³-hybridized carbons (Fsp3) is 0.375. The Morgan fingerprint density at radius 3 is 2.16 bits per heavy atom. The minimum absolute atomic E-state index is 0.00551. The molecule has 1 fully saturated rings. The van der Waals surface area contributed by atoms with Gasteiger partial charge in [-0.2, -0.15) is 26.3 Å². The number of nitrogens with one attached hydrogen (secondary N) is 1. The number of benzene rings is 2. The average Bonchev–Trinajstić information content (AvgIpc) is 3.24. The molecule has 1 aromatic heterocycles. The van der Waals surface area contributed by atoms with E-state index in [1.807, 2.05) is 4.90 Å². The van der Waals surface area contributed by atoms with Crippen molar-refractivity contribution in [3.05, 3.63) is 69.2 Å². The number of carbonyl (C=O) groups excluding carboxylic acids is 2. The summed E-state index contributed by atoms with van der Waals surface area (Å²) in [4.78, 5) is 41.8. The minimum atomic E-state index is -5.00. The van der Waals surface area contributed by atoms with E-state index in [0.29, 0.717) is 42.8 Å². The number of hydrogen-bond donors (Lipinski definition) is 1. The Kier molecular flexibility index (Phi) is 7.54. The van der Waals surface area contributed by atoms with Crippen molar-refractivity contribution in [3.8, 4) is 0 Å². The van der Waals surface area contributed by atoms with Gasteiger partial charge in [0.25, 0.3) is 0 Å². The van der Waals surface area contributed by atoms with E-state index < -0.39 is 47.5 Å². The number of Topliss-reactive ketones (excluding diaryl/α,β-unsaturated/α-hetero) is 1. The fourth-order valence-electron chi connectivity index (χ4n) is 4.02. The van der Waals surface area contributed by atoms with Crippen LogP contribution in [-0.4, -0.2) is 59.4 Å². The summed E-state index contributed by atoms with van der Waals surface area (Å²) in [6.07, 6.45) is -10.7. The van der Waals surface area contributed by atoms with Crippen molar-refractivity contribution in [1.82, 2.24) is 14.8 Å². The van der Waals surface area contributed by atoms with Crippen LogP contribution < -0.4 is 5.76 Å². The first kappa shape index (κ1) is 27.2. The molecule has 3 aromatic rings. The second-order valence-corrected chi connectivity index (χ2v) is 8.70. The molecule has 0 spiro atoms. The number of nitrogens with zero attached hydrogens (tertiary/aromatic N) is 2. The van der Waals surface area contributed by atoms with Gasteiger partial charge in [-0.25, -0.2) is 9.59 Å². The van der Waals surface area contributed by atoms with Crippen LogP contribution in [0.4, 0.5) is 31.1 Å². The van der Waals surface area contributed by atoms with Gasteiger partial charge in [0.15, 0.2) is 11.4 Å². The first-order chi connectivity index (χ1) is 17.8.